The average Bonchev–Trinajstić information content (AvgIpc) is 2.86. The van der Waals surface area contributed by atoms with Gasteiger partial charge in [-0.2, -0.15) is 0 Å². The zero-order valence-electron chi connectivity index (χ0n) is 17.2. The van der Waals surface area contributed by atoms with E-state index in [1.54, 1.807) is 0 Å². The van der Waals surface area contributed by atoms with Crippen molar-refractivity contribution in [2.24, 2.45) is 0 Å². The van der Waals surface area contributed by atoms with Crippen LogP contribution >= 0.6 is 0 Å². The number of hydrogen-bond acceptors (Lipinski definition) is 1. The predicted octanol–water partition coefficient (Wildman–Crippen LogP) is 8.43. The van der Waals surface area contributed by atoms with Gasteiger partial charge in [0.1, 0.15) is 0 Å². The van der Waals surface area contributed by atoms with Gasteiger partial charge in [0.25, 0.3) is 0 Å². The minimum Gasteiger partial charge on any atom is -0.355 e. The van der Waals surface area contributed by atoms with Crippen molar-refractivity contribution in [3.05, 3.63) is 133 Å². The van der Waals surface area contributed by atoms with Crippen LogP contribution in [0.5, 0.6) is 0 Å². The molecule has 31 heavy (non-hydrogen) atoms. The summed E-state index contributed by atoms with van der Waals surface area (Å²) < 4.78 is 0. The quantitative estimate of drug-likeness (QED) is 0.314. The Morgan fingerprint density at radius 2 is 0.871 bits per heavy atom. The monoisotopic (exact) mass is 397 g/mol. The predicted molar refractivity (Wildman–Crippen MR) is 132 cm³/mol. The van der Waals surface area contributed by atoms with Gasteiger partial charge in [0.05, 0.1) is 0 Å². The minimum absolute atomic E-state index is 1.07. The van der Waals surface area contributed by atoms with Crippen molar-refractivity contribution >= 4 is 11.4 Å². The van der Waals surface area contributed by atoms with E-state index in [1.807, 2.05) is 6.07 Å². The van der Waals surface area contributed by atoms with Crippen LogP contribution in [-0.2, 0) is 0 Å². The van der Waals surface area contributed by atoms with E-state index in [0.717, 1.165) is 11.4 Å². The van der Waals surface area contributed by atoms with E-state index >= 15 is 0 Å². The van der Waals surface area contributed by atoms with Crippen molar-refractivity contribution in [2.45, 2.75) is 0 Å². The fraction of sp³-hybridized carbons (Fsp3) is 0. The van der Waals surface area contributed by atoms with Gasteiger partial charge >= 0.3 is 0 Å². The molecule has 1 N–H and O–H groups in total. The molecule has 0 aliphatic carbocycles. The Balaban J connectivity index is 1.55. The van der Waals surface area contributed by atoms with E-state index in [4.69, 9.17) is 0 Å². The van der Waals surface area contributed by atoms with Gasteiger partial charge in [0.2, 0.25) is 0 Å². The van der Waals surface area contributed by atoms with Gasteiger partial charge < -0.3 is 5.32 Å². The molecule has 1 heteroatoms. The normalized spacial score (nSPS) is 10.6. The lowest BCUT2D eigenvalue weighted by atomic mass is 9.97. The van der Waals surface area contributed by atoms with Crippen LogP contribution in [0.3, 0.4) is 0 Å². The van der Waals surface area contributed by atoms with Crippen LogP contribution < -0.4 is 5.32 Å². The molecule has 0 saturated carbocycles. The number of rotatable bonds is 5. The Labute approximate surface area is 183 Å². The lowest BCUT2D eigenvalue weighted by Crippen LogP contribution is -1.94. The minimum atomic E-state index is 1.07. The second-order valence-electron chi connectivity index (χ2n) is 7.56. The molecule has 0 atom stereocenters. The third-order valence-electron chi connectivity index (χ3n) is 5.46. The highest BCUT2D eigenvalue weighted by Gasteiger charge is 2.09. The molecule has 0 radical (unpaired) electrons. The van der Waals surface area contributed by atoms with Crippen LogP contribution in [0.1, 0.15) is 0 Å². The molecule has 148 valence electrons. The first kappa shape index (κ1) is 18.9. The van der Waals surface area contributed by atoms with Crippen molar-refractivity contribution in [2.75, 3.05) is 5.32 Å². The Hall–Kier alpha value is -4.10. The van der Waals surface area contributed by atoms with Crippen LogP contribution in [0.15, 0.2) is 133 Å². The molecule has 0 aliphatic heterocycles. The summed E-state index contributed by atoms with van der Waals surface area (Å²) in [7, 11) is 0. The summed E-state index contributed by atoms with van der Waals surface area (Å²) in [5, 5.41) is 3.66. The Morgan fingerprint density at radius 3 is 1.48 bits per heavy atom. The van der Waals surface area contributed by atoms with Gasteiger partial charge in [0.15, 0.2) is 0 Å². The molecular formula is C30H23N. The van der Waals surface area contributed by atoms with E-state index in [0.29, 0.717) is 0 Å². The summed E-state index contributed by atoms with van der Waals surface area (Å²) in [6.45, 7) is 0. The number of nitrogens with one attached hydrogen (secondary N) is 1. The van der Waals surface area contributed by atoms with Gasteiger partial charge in [-0.1, -0.05) is 109 Å². The molecule has 5 aromatic rings. The van der Waals surface area contributed by atoms with Crippen molar-refractivity contribution in [1.82, 2.24) is 0 Å². The molecule has 1 nitrogen and oxygen atoms in total. The second kappa shape index (κ2) is 8.73. The highest BCUT2D eigenvalue weighted by atomic mass is 14.9. The standard InChI is InChI=1S/C30H23N/c1-4-11-23(12-5-1)26-17-10-18-28(21-26)31-30-20-19-27(24-13-6-2-7-14-24)22-29(30)25-15-8-3-9-16-25/h1-22,31H. The van der Waals surface area contributed by atoms with Crippen LogP contribution in [-0.4, -0.2) is 0 Å². The van der Waals surface area contributed by atoms with Crippen LogP contribution in [0.4, 0.5) is 11.4 Å². The lowest BCUT2D eigenvalue weighted by Gasteiger charge is -2.15. The van der Waals surface area contributed by atoms with Gasteiger partial charge in [-0.15, -0.1) is 0 Å². The zero-order valence-corrected chi connectivity index (χ0v) is 17.2. The van der Waals surface area contributed by atoms with Crippen molar-refractivity contribution in [1.29, 1.82) is 0 Å². The summed E-state index contributed by atoms with van der Waals surface area (Å²) in [6.07, 6.45) is 0. The Kier molecular flexibility index (Phi) is 5.32. The third kappa shape index (κ3) is 4.26. The highest BCUT2D eigenvalue weighted by molar-refractivity contribution is 5.86. The topological polar surface area (TPSA) is 12.0 Å². The summed E-state index contributed by atoms with van der Waals surface area (Å²) >= 11 is 0. The van der Waals surface area contributed by atoms with E-state index in [1.165, 1.54) is 33.4 Å². The van der Waals surface area contributed by atoms with E-state index < -0.39 is 0 Å². The smallest absolute Gasteiger partial charge is 0.0464 e. The maximum atomic E-state index is 3.66. The molecule has 0 fully saturated rings. The van der Waals surface area contributed by atoms with Gasteiger partial charge in [-0.3, -0.25) is 0 Å². The molecule has 0 unspecified atom stereocenters. The van der Waals surface area contributed by atoms with Crippen molar-refractivity contribution in [3.63, 3.8) is 0 Å². The number of anilines is 2. The Morgan fingerprint density at radius 1 is 0.355 bits per heavy atom. The maximum absolute atomic E-state index is 3.66. The third-order valence-corrected chi connectivity index (χ3v) is 5.46. The molecule has 0 bridgehead atoms. The molecular weight excluding hydrogens is 374 g/mol. The SMILES string of the molecule is c1ccc(-c2cccc(Nc3ccc(-c4ccccc4)cc3-c3ccccc3)c2)cc1. The number of benzene rings is 5. The molecule has 0 heterocycles. The molecule has 0 aliphatic rings. The molecule has 0 aromatic heterocycles. The fourth-order valence-corrected chi connectivity index (χ4v) is 3.88. The summed E-state index contributed by atoms with van der Waals surface area (Å²) in [5.74, 6) is 0. The summed E-state index contributed by atoms with van der Waals surface area (Å²) in [4.78, 5) is 0. The lowest BCUT2D eigenvalue weighted by molar-refractivity contribution is 1.52. The van der Waals surface area contributed by atoms with E-state index in [9.17, 15) is 0 Å². The first-order valence-electron chi connectivity index (χ1n) is 10.5. The fourth-order valence-electron chi connectivity index (χ4n) is 3.88. The number of hydrogen-bond donors (Lipinski definition) is 1. The van der Waals surface area contributed by atoms with Gasteiger partial charge in [-0.25, -0.2) is 0 Å². The van der Waals surface area contributed by atoms with Gasteiger partial charge in [0, 0.05) is 16.9 Å². The first-order valence-corrected chi connectivity index (χ1v) is 10.5. The molecule has 5 aromatic carbocycles. The van der Waals surface area contributed by atoms with Gasteiger partial charge in [-0.05, 0) is 52.1 Å². The van der Waals surface area contributed by atoms with Crippen molar-refractivity contribution < 1.29 is 0 Å². The Bertz CT molecular complexity index is 1280. The van der Waals surface area contributed by atoms with E-state index in [-0.39, 0.29) is 0 Å². The van der Waals surface area contributed by atoms with Crippen LogP contribution in [0.2, 0.25) is 0 Å². The summed E-state index contributed by atoms with van der Waals surface area (Å²) in [6, 6.07) is 46.8. The molecule has 0 spiro atoms. The average molecular weight is 398 g/mol. The largest absolute Gasteiger partial charge is 0.355 e. The van der Waals surface area contributed by atoms with E-state index in [2.05, 4.69) is 133 Å². The van der Waals surface area contributed by atoms with Crippen molar-refractivity contribution in [3.8, 4) is 33.4 Å². The zero-order chi connectivity index (χ0) is 20.9. The maximum Gasteiger partial charge on any atom is 0.0464 e. The molecule has 5 rings (SSSR count). The molecule has 0 saturated heterocycles. The van der Waals surface area contributed by atoms with Crippen LogP contribution in [0, 0.1) is 0 Å². The molecule has 0 amide bonds. The summed E-state index contributed by atoms with van der Waals surface area (Å²) in [5.41, 5.74) is 9.40. The van der Waals surface area contributed by atoms with Crippen LogP contribution in [0.25, 0.3) is 33.4 Å². The highest BCUT2D eigenvalue weighted by Crippen LogP contribution is 2.35. The first-order chi connectivity index (χ1) is 15.4. The second-order valence-corrected chi connectivity index (χ2v) is 7.56.